The predicted octanol–water partition coefficient (Wildman–Crippen LogP) is 3.16. The van der Waals surface area contributed by atoms with E-state index in [0.717, 1.165) is 24.1 Å². The summed E-state index contributed by atoms with van der Waals surface area (Å²) in [6.07, 6.45) is 3.38. The number of unbranched alkanes of at least 4 members (excludes halogenated alkanes) is 1. The summed E-state index contributed by atoms with van der Waals surface area (Å²) in [6.45, 7) is 3.17. The van der Waals surface area contributed by atoms with Crippen molar-refractivity contribution in [1.82, 2.24) is 9.88 Å². The van der Waals surface area contributed by atoms with Crippen LogP contribution in [0.4, 0.5) is 10.5 Å². The van der Waals surface area contributed by atoms with Crippen molar-refractivity contribution in [1.29, 1.82) is 0 Å². The molecule has 0 radical (unpaired) electrons. The number of pyridine rings is 1. The Balaban J connectivity index is 1.71. The average Bonchev–Trinajstić information content (AvgIpc) is 2.62. The molecular weight excluding hydrogens is 318 g/mol. The number of ether oxygens (including phenoxy) is 1. The van der Waals surface area contributed by atoms with E-state index in [4.69, 9.17) is 4.74 Å². The molecule has 6 heteroatoms. The van der Waals surface area contributed by atoms with Gasteiger partial charge in [0.25, 0.3) is 0 Å². The van der Waals surface area contributed by atoms with Crippen LogP contribution in [-0.4, -0.2) is 24.3 Å². The summed E-state index contributed by atoms with van der Waals surface area (Å²) in [5, 5.41) is 5.64. The Morgan fingerprint density at radius 1 is 1.20 bits per heavy atom. The third-order valence-electron chi connectivity index (χ3n) is 3.98. The number of anilines is 1. The van der Waals surface area contributed by atoms with Gasteiger partial charge in [-0.15, -0.1) is 0 Å². The van der Waals surface area contributed by atoms with Gasteiger partial charge in [-0.25, -0.2) is 4.79 Å². The van der Waals surface area contributed by atoms with Crippen molar-refractivity contribution in [2.24, 2.45) is 0 Å². The van der Waals surface area contributed by atoms with Crippen molar-refractivity contribution in [2.45, 2.75) is 32.4 Å². The van der Waals surface area contributed by atoms with Crippen molar-refractivity contribution < 1.29 is 9.53 Å². The van der Waals surface area contributed by atoms with Gasteiger partial charge in [-0.05, 0) is 43.5 Å². The van der Waals surface area contributed by atoms with Gasteiger partial charge in [0, 0.05) is 38.1 Å². The number of amides is 2. The maximum atomic E-state index is 11.9. The number of aryl methyl sites for hydroxylation is 1. The molecular formula is C19H25N3O3. The maximum absolute atomic E-state index is 11.9. The van der Waals surface area contributed by atoms with Crippen LogP contribution in [0.25, 0.3) is 0 Å². The predicted molar refractivity (Wildman–Crippen MR) is 98.8 cm³/mol. The lowest BCUT2D eigenvalue weighted by Gasteiger charge is -2.12. The van der Waals surface area contributed by atoms with E-state index in [2.05, 4.69) is 10.6 Å². The SMILES string of the molecule is COC(C)c1cccc(NC(=O)NCCCCn2ccccc2=O)c1. The second kappa shape index (κ2) is 9.64. The highest BCUT2D eigenvalue weighted by atomic mass is 16.5. The summed E-state index contributed by atoms with van der Waals surface area (Å²) in [5.74, 6) is 0. The van der Waals surface area contributed by atoms with Crippen molar-refractivity contribution in [3.05, 3.63) is 64.6 Å². The molecule has 0 fully saturated rings. The summed E-state index contributed by atoms with van der Waals surface area (Å²) in [7, 11) is 1.65. The Morgan fingerprint density at radius 2 is 2.04 bits per heavy atom. The van der Waals surface area contributed by atoms with Gasteiger partial charge in [0.05, 0.1) is 6.10 Å². The second-order valence-corrected chi connectivity index (χ2v) is 5.82. The molecule has 2 amide bonds. The molecule has 6 nitrogen and oxygen atoms in total. The lowest BCUT2D eigenvalue weighted by Crippen LogP contribution is -2.29. The molecule has 0 saturated carbocycles. The fourth-order valence-electron chi connectivity index (χ4n) is 2.44. The Hall–Kier alpha value is -2.60. The first-order valence-corrected chi connectivity index (χ1v) is 8.43. The number of aromatic nitrogens is 1. The van der Waals surface area contributed by atoms with Crippen LogP contribution in [0.15, 0.2) is 53.5 Å². The maximum Gasteiger partial charge on any atom is 0.319 e. The van der Waals surface area contributed by atoms with Crippen molar-refractivity contribution in [2.75, 3.05) is 19.0 Å². The lowest BCUT2D eigenvalue weighted by molar-refractivity contribution is 0.119. The number of carbonyl (C=O) groups is 1. The fourth-order valence-corrected chi connectivity index (χ4v) is 2.44. The zero-order valence-electron chi connectivity index (χ0n) is 14.7. The highest BCUT2D eigenvalue weighted by Crippen LogP contribution is 2.19. The average molecular weight is 343 g/mol. The van der Waals surface area contributed by atoms with E-state index in [1.165, 1.54) is 0 Å². The molecule has 2 aromatic rings. The van der Waals surface area contributed by atoms with Crippen LogP contribution in [-0.2, 0) is 11.3 Å². The normalized spacial score (nSPS) is 11.8. The summed E-state index contributed by atoms with van der Waals surface area (Å²) >= 11 is 0. The molecule has 0 aliphatic carbocycles. The minimum atomic E-state index is -0.237. The van der Waals surface area contributed by atoms with Crippen LogP contribution >= 0.6 is 0 Å². The minimum Gasteiger partial charge on any atom is -0.377 e. The molecule has 1 unspecified atom stereocenters. The third-order valence-corrected chi connectivity index (χ3v) is 3.98. The van der Waals surface area contributed by atoms with Crippen LogP contribution < -0.4 is 16.2 Å². The highest BCUT2D eigenvalue weighted by molar-refractivity contribution is 5.89. The van der Waals surface area contributed by atoms with E-state index in [1.807, 2.05) is 37.3 Å². The van der Waals surface area contributed by atoms with Gasteiger partial charge in [0.2, 0.25) is 5.56 Å². The van der Waals surface area contributed by atoms with Gasteiger partial charge in [-0.3, -0.25) is 4.79 Å². The Bertz CT molecular complexity index is 742. The Morgan fingerprint density at radius 3 is 2.80 bits per heavy atom. The number of nitrogens with zero attached hydrogens (tertiary/aromatic N) is 1. The first-order valence-electron chi connectivity index (χ1n) is 8.43. The molecule has 1 heterocycles. The number of hydrogen-bond donors (Lipinski definition) is 2. The van der Waals surface area contributed by atoms with Gasteiger partial charge in [0.15, 0.2) is 0 Å². The largest absolute Gasteiger partial charge is 0.377 e. The van der Waals surface area contributed by atoms with E-state index in [-0.39, 0.29) is 17.7 Å². The standard InChI is InChI=1S/C19H25N3O3/c1-15(25-2)16-8-7-9-17(14-16)21-19(24)20-11-4-6-13-22-12-5-3-10-18(22)23/h3,5,7-10,12,14-15H,4,6,11,13H2,1-2H3,(H2,20,21,24). The van der Waals surface area contributed by atoms with Crippen molar-refractivity contribution in [3.8, 4) is 0 Å². The van der Waals surface area contributed by atoms with Crippen LogP contribution in [0.3, 0.4) is 0 Å². The smallest absolute Gasteiger partial charge is 0.319 e. The zero-order chi connectivity index (χ0) is 18.1. The number of hydrogen-bond acceptors (Lipinski definition) is 3. The summed E-state index contributed by atoms with van der Waals surface area (Å²) in [6, 6.07) is 12.5. The lowest BCUT2D eigenvalue weighted by atomic mass is 10.1. The summed E-state index contributed by atoms with van der Waals surface area (Å²) in [4.78, 5) is 23.5. The van der Waals surface area contributed by atoms with Gasteiger partial charge in [0.1, 0.15) is 0 Å². The molecule has 2 rings (SSSR count). The van der Waals surface area contributed by atoms with Crippen molar-refractivity contribution >= 4 is 11.7 Å². The number of methoxy groups -OCH3 is 1. The number of rotatable bonds is 8. The topological polar surface area (TPSA) is 72.4 Å². The first-order chi connectivity index (χ1) is 12.1. The van der Waals surface area contributed by atoms with Crippen LogP contribution in [0.2, 0.25) is 0 Å². The van der Waals surface area contributed by atoms with Crippen molar-refractivity contribution in [3.63, 3.8) is 0 Å². The summed E-state index contributed by atoms with van der Waals surface area (Å²) in [5.41, 5.74) is 1.74. The van der Waals surface area contributed by atoms with E-state index >= 15 is 0 Å². The molecule has 0 saturated heterocycles. The number of carbonyl (C=O) groups excluding carboxylic acids is 1. The molecule has 1 atom stereocenters. The highest BCUT2D eigenvalue weighted by Gasteiger charge is 2.06. The molecule has 1 aromatic carbocycles. The Labute approximate surface area is 147 Å². The number of urea groups is 1. The second-order valence-electron chi connectivity index (χ2n) is 5.82. The van der Waals surface area contributed by atoms with Crippen LogP contribution in [0, 0.1) is 0 Å². The molecule has 1 aromatic heterocycles. The zero-order valence-corrected chi connectivity index (χ0v) is 14.7. The van der Waals surface area contributed by atoms with E-state index in [9.17, 15) is 9.59 Å². The molecule has 134 valence electrons. The van der Waals surface area contributed by atoms with Gasteiger partial charge < -0.3 is 19.9 Å². The van der Waals surface area contributed by atoms with Gasteiger partial charge in [-0.2, -0.15) is 0 Å². The summed E-state index contributed by atoms with van der Waals surface area (Å²) < 4.78 is 6.95. The van der Waals surface area contributed by atoms with E-state index < -0.39 is 0 Å². The van der Waals surface area contributed by atoms with E-state index in [1.54, 1.807) is 30.0 Å². The molecule has 0 spiro atoms. The Kier molecular flexibility index (Phi) is 7.22. The quantitative estimate of drug-likeness (QED) is 0.723. The molecule has 25 heavy (non-hydrogen) atoms. The molecule has 0 aliphatic rings. The fraction of sp³-hybridized carbons (Fsp3) is 0.368. The first kappa shape index (κ1) is 18.7. The monoisotopic (exact) mass is 343 g/mol. The molecule has 0 bridgehead atoms. The molecule has 0 aliphatic heterocycles. The minimum absolute atomic E-state index is 0.00151. The van der Waals surface area contributed by atoms with Gasteiger partial charge in [-0.1, -0.05) is 18.2 Å². The third kappa shape index (κ3) is 6.08. The van der Waals surface area contributed by atoms with Crippen LogP contribution in [0.1, 0.15) is 31.4 Å². The number of benzene rings is 1. The van der Waals surface area contributed by atoms with Gasteiger partial charge >= 0.3 is 6.03 Å². The molecule has 2 N–H and O–H groups in total. The van der Waals surface area contributed by atoms with Crippen LogP contribution in [0.5, 0.6) is 0 Å². The number of nitrogens with one attached hydrogen (secondary N) is 2. The van der Waals surface area contributed by atoms with E-state index in [0.29, 0.717) is 13.1 Å².